The third-order valence-corrected chi connectivity index (χ3v) is 5.44. The normalized spacial score (nSPS) is 11.3. The van der Waals surface area contributed by atoms with E-state index in [1.807, 2.05) is 0 Å². The Labute approximate surface area is 126 Å². The average molecular weight is 327 g/mol. The van der Waals surface area contributed by atoms with E-state index in [1.54, 1.807) is 18.4 Å². The number of esters is 1. The molecule has 0 spiro atoms. The molecular weight excluding hydrogens is 314 g/mol. The van der Waals surface area contributed by atoms with E-state index in [9.17, 15) is 13.2 Å². The molecule has 2 aromatic rings. The molecule has 0 saturated heterocycles. The first-order chi connectivity index (χ1) is 9.95. The van der Waals surface area contributed by atoms with Crippen LogP contribution in [0.3, 0.4) is 0 Å². The molecule has 7 nitrogen and oxygen atoms in total. The van der Waals surface area contributed by atoms with Gasteiger partial charge >= 0.3 is 5.97 Å². The molecule has 0 aromatic carbocycles. The number of carbonyl (C=O) groups is 1. The Morgan fingerprint density at radius 1 is 1.48 bits per heavy atom. The lowest BCUT2D eigenvalue weighted by Gasteiger charge is -2.08. The molecule has 1 N–H and O–H groups in total. The number of thiophene rings is 1. The average Bonchev–Trinajstić information content (AvgIpc) is 2.88. The first kappa shape index (κ1) is 15.5. The van der Waals surface area contributed by atoms with Gasteiger partial charge in [-0.15, -0.1) is 11.3 Å². The number of nitrogens with one attached hydrogen (secondary N) is 1. The zero-order chi connectivity index (χ0) is 15.5. The highest BCUT2D eigenvalue weighted by molar-refractivity contribution is 7.89. The minimum atomic E-state index is -3.83. The van der Waals surface area contributed by atoms with Crippen LogP contribution in [0.2, 0.25) is 0 Å². The number of aryl methyl sites for hydroxylation is 1. The smallest absolute Gasteiger partial charge is 0.349 e. The fraction of sp³-hybridized carbons (Fsp3) is 0.250. The van der Waals surface area contributed by atoms with Crippen LogP contribution in [-0.4, -0.2) is 31.5 Å². The Kier molecular flexibility index (Phi) is 4.66. The van der Waals surface area contributed by atoms with Gasteiger partial charge < -0.3 is 4.74 Å². The van der Waals surface area contributed by atoms with Crippen molar-refractivity contribution in [3.8, 4) is 0 Å². The van der Waals surface area contributed by atoms with E-state index in [2.05, 4.69) is 19.4 Å². The number of sulfonamides is 1. The number of ether oxygens (including phenoxy) is 1. The summed E-state index contributed by atoms with van der Waals surface area (Å²) >= 11 is 1.04. The minimum Gasteiger partial charge on any atom is -0.465 e. The number of hydrogen-bond acceptors (Lipinski definition) is 7. The molecule has 0 radical (unpaired) electrons. The molecule has 0 atom stereocenters. The van der Waals surface area contributed by atoms with Gasteiger partial charge in [0.2, 0.25) is 10.0 Å². The summed E-state index contributed by atoms with van der Waals surface area (Å²) in [6, 6.07) is 1.60. The lowest BCUT2D eigenvalue weighted by atomic mass is 10.3. The van der Waals surface area contributed by atoms with Crippen LogP contribution in [-0.2, 0) is 21.3 Å². The van der Waals surface area contributed by atoms with Crippen molar-refractivity contribution >= 4 is 27.3 Å². The van der Waals surface area contributed by atoms with E-state index in [0.717, 1.165) is 11.3 Å². The third kappa shape index (κ3) is 3.43. The molecule has 0 aliphatic heterocycles. The highest BCUT2D eigenvalue weighted by Crippen LogP contribution is 2.27. The van der Waals surface area contributed by atoms with Crippen LogP contribution in [0.15, 0.2) is 28.9 Å². The molecule has 112 valence electrons. The van der Waals surface area contributed by atoms with E-state index in [4.69, 9.17) is 0 Å². The van der Waals surface area contributed by atoms with Gasteiger partial charge in [0.25, 0.3) is 0 Å². The van der Waals surface area contributed by atoms with Crippen molar-refractivity contribution in [3.05, 3.63) is 40.1 Å². The minimum absolute atomic E-state index is 0.0146. The van der Waals surface area contributed by atoms with E-state index >= 15 is 0 Å². The van der Waals surface area contributed by atoms with Gasteiger partial charge in [-0.3, -0.25) is 0 Å². The Bertz CT molecular complexity index is 741. The molecule has 21 heavy (non-hydrogen) atoms. The van der Waals surface area contributed by atoms with Crippen LogP contribution in [0.5, 0.6) is 0 Å². The number of carbonyl (C=O) groups excluding carboxylic acids is 1. The van der Waals surface area contributed by atoms with Crippen LogP contribution < -0.4 is 4.72 Å². The van der Waals surface area contributed by atoms with Gasteiger partial charge in [0, 0.05) is 6.20 Å². The summed E-state index contributed by atoms with van der Waals surface area (Å²) in [5, 5.41) is 1.60. The van der Waals surface area contributed by atoms with E-state index in [1.165, 1.54) is 19.6 Å². The predicted octanol–water partition coefficient (Wildman–Crippen LogP) is 1.11. The quantitative estimate of drug-likeness (QED) is 0.826. The maximum Gasteiger partial charge on any atom is 0.349 e. The van der Waals surface area contributed by atoms with Crippen LogP contribution in [0.25, 0.3) is 0 Å². The van der Waals surface area contributed by atoms with Crippen molar-refractivity contribution < 1.29 is 17.9 Å². The fourth-order valence-electron chi connectivity index (χ4n) is 1.66. The Morgan fingerprint density at radius 2 is 2.24 bits per heavy atom. The lowest BCUT2D eigenvalue weighted by molar-refractivity contribution is 0.0602. The van der Waals surface area contributed by atoms with Crippen LogP contribution in [0, 0.1) is 6.92 Å². The summed E-state index contributed by atoms with van der Waals surface area (Å²) in [6.07, 6.45) is 2.85. The molecular formula is C12H13N3O4S2. The molecule has 0 saturated carbocycles. The van der Waals surface area contributed by atoms with Gasteiger partial charge in [0.15, 0.2) is 0 Å². The van der Waals surface area contributed by atoms with Crippen molar-refractivity contribution in [1.82, 2.24) is 14.7 Å². The lowest BCUT2D eigenvalue weighted by Crippen LogP contribution is -2.25. The molecule has 0 bridgehead atoms. The van der Waals surface area contributed by atoms with Crippen LogP contribution >= 0.6 is 11.3 Å². The van der Waals surface area contributed by atoms with Gasteiger partial charge in [0.05, 0.1) is 19.3 Å². The van der Waals surface area contributed by atoms with Crippen LogP contribution in [0.4, 0.5) is 0 Å². The molecule has 9 heteroatoms. The van der Waals surface area contributed by atoms with E-state index in [-0.39, 0.29) is 16.3 Å². The van der Waals surface area contributed by atoms with Crippen molar-refractivity contribution in [2.45, 2.75) is 18.4 Å². The second kappa shape index (κ2) is 6.29. The number of aromatic nitrogens is 2. The van der Waals surface area contributed by atoms with Crippen molar-refractivity contribution in [2.75, 3.05) is 7.11 Å². The first-order valence-corrected chi connectivity index (χ1v) is 8.23. The molecule has 2 rings (SSSR count). The summed E-state index contributed by atoms with van der Waals surface area (Å²) in [6.45, 7) is 1.64. The van der Waals surface area contributed by atoms with Crippen molar-refractivity contribution in [1.29, 1.82) is 0 Å². The standard InChI is InChI=1S/C12H13N3O4S2/c1-8-6-20-10(12(16)19-2)11(8)21(17,18)15-5-9-3-4-13-7-14-9/h3-4,6-7,15H,5H2,1-2H3. The second-order valence-electron chi connectivity index (χ2n) is 4.09. The summed E-state index contributed by atoms with van der Waals surface area (Å²) in [5.74, 6) is -0.671. The summed E-state index contributed by atoms with van der Waals surface area (Å²) in [4.78, 5) is 19.3. The SMILES string of the molecule is COC(=O)c1scc(C)c1S(=O)(=O)NCc1ccncn1. The monoisotopic (exact) mass is 327 g/mol. The molecule has 2 aromatic heterocycles. The summed E-state index contributed by atoms with van der Waals surface area (Å²) < 4.78 is 31.8. The summed E-state index contributed by atoms with van der Waals surface area (Å²) in [5.41, 5.74) is 1.02. The van der Waals surface area contributed by atoms with Gasteiger partial charge in [-0.1, -0.05) is 0 Å². The largest absolute Gasteiger partial charge is 0.465 e. The fourth-order valence-corrected chi connectivity index (χ4v) is 4.37. The van der Waals surface area contributed by atoms with Gasteiger partial charge in [-0.2, -0.15) is 0 Å². The summed E-state index contributed by atoms with van der Waals surface area (Å²) in [7, 11) is -2.62. The Balaban J connectivity index is 2.28. The second-order valence-corrected chi connectivity index (χ2v) is 6.68. The number of hydrogen-bond donors (Lipinski definition) is 1. The van der Waals surface area contributed by atoms with E-state index < -0.39 is 16.0 Å². The zero-order valence-electron chi connectivity index (χ0n) is 11.4. The third-order valence-electron chi connectivity index (χ3n) is 2.64. The maximum atomic E-state index is 12.4. The van der Waals surface area contributed by atoms with Gasteiger partial charge in [0.1, 0.15) is 16.1 Å². The molecule has 0 amide bonds. The molecule has 0 aliphatic rings. The first-order valence-electron chi connectivity index (χ1n) is 5.86. The molecule has 2 heterocycles. The van der Waals surface area contributed by atoms with Crippen molar-refractivity contribution in [2.24, 2.45) is 0 Å². The highest BCUT2D eigenvalue weighted by Gasteiger charge is 2.27. The number of nitrogens with zero attached hydrogens (tertiary/aromatic N) is 2. The molecule has 0 aliphatic carbocycles. The Morgan fingerprint density at radius 3 is 2.86 bits per heavy atom. The highest BCUT2D eigenvalue weighted by atomic mass is 32.2. The Hall–Kier alpha value is -1.84. The number of rotatable bonds is 5. The predicted molar refractivity (Wildman–Crippen MR) is 76.5 cm³/mol. The maximum absolute atomic E-state index is 12.4. The van der Waals surface area contributed by atoms with Crippen LogP contribution in [0.1, 0.15) is 20.9 Å². The molecule has 0 unspecified atom stereocenters. The topological polar surface area (TPSA) is 98.2 Å². The zero-order valence-corrected chi connectivity index (χ0v) is 13.0. The van der Waals surface area contributed by atoms with E-state index in [0.29, 0.717) is 11.3 Å². The van der Waals surface area contributed by atoms with Gasteiger partial charge in [-0.05, 0) is 23.9 Å². The van der Waals surface area contributed by atoms with Gasteiger partial charge in [-0.25, -0.2) is 27.9 Å². The van der Waals surface area contributed by atoms with Crippen molar-refractivity contribution in [3.63, 3.8) is 0 Å². The molecule has 0 fully saturated rings. The number of methoxy groups -OCH3 is 1.